The van der Waals surface area contributed by atoms with Crippen molar-refractivity contribution < 1.29 is 19.1 Å². The molecule has 3 saturated heterocycles. The zero-order chi connectivity index (χ0) is 26.5. The summed E-state index contributed by atoms with van der Waals surface area (Å²) < 4.78 is 8.57. The molecule has 10 nitrogen and oxygen atoms in total. The van der Waals surface area contributed by atoms with E-state index in [1.165, 1.54) is 9.13 Å². The fourth-order valence-corrected chi connectivity index (χ4v) is 5.72. The van der Waals surface area contributed by atoms with Crippen LogP contribution in [0.15, 0.2) is 23.0 Å². The zero-order valence-electron chi connectivity index (χ0n) is 21.7. The maximum atomic E-state index is 13.1. The van der Waals surface area contributed by atoms with E-state index in [-0.39, 0.29) is 42.1 Å². The molecule has 3 aliphatic heterocycles. The molecule has 2 aromatic rings. The standard InChI is InChI=1S/C27H33N5O5/c1-26(2,3)37-25(36)31-15-18-12-14-27(16-31,29-18)13-6-8-17-7-5-9-19-22(17)30(4)24(35)32(19)20-10-11-21(33)28-23(20)34/h5,7,9,18,20,29H,10-16H2,1-4H3,(H,28,33,34). The molecule has 37 heavy (non-hydrogen) atoms. The summed E-state index contributed by atoms with van der Waals surface area (Å²) in [5.74, 6) is 5.76. The Kier molecular flexibility index (Phi) is 6.15. The number of imidazole rings is 1. The van der Waals surface area contributed by atoms with E-state index >= 15 is 0 Å². The van der Waals surface area contributed by atoms with Crippen LogP contribution in [0.2, 0.25) is 0 Å². The number of para-hydroxylation sites is 1. The molecule has 0 spiro atoms. The van der Waals surface area contributed by atoms with Crippen molar-refractivity contribution in [2.75, 3.05) is 13.1 Å². The number of benzene rings is 1. The van der Waals surface area contributed by atoms with E-state index in [0.717, 1.165) is 12.8 Å². The first-order valence-corrected chi connectivity index (χ1v) is 12.7. The van der Waals surface area contributed by atoms with Gasteiger partial charge in [0.25, 0.3) is 0 Å². The van der Waals surface area contributed by atoms with Crippen molar-refractivity contribution in [1.29, 1.82) is 0 Å². The maximum Gasteiger partial charge on any atom is 0.410 e. The highest BCUT2D eigenvalue weighted by Gasteiger charge is 2.46. The Bertz CT molecular complexity index is 1400. The molecule has 3 amide bonds. The first kappa shape index (κ1) is 25.1. The summed E-state index contributed by atoms with van der Waals surface area (Å²) in [4.78, 5) is 51.7. The van der Waals surface area contributed by atoms with Gasteiger partial charge in [0.2, 0.25) is 11.8 Å². The van der Waals surface area contributed by atoms with E-state index in [9.17, 15) is 19.2 Å². The average molecular weight is 508 g/mol. The molecule has 196 valence electrons. The number of imide groups is 1. The number of fused-ring (bicyclic) bond motifs is 3. The summed E-state index contributed by atoms with van der Waals surface area (Å²) >= 11 is 0. The second kappa shape index (κ2) is 9.06. The number of aromatic nitrogens is 2. The van der Waals surface area contributed by atoms with E-state index in [4.69, 9.17) is 4.74 Å². The second-order valence-electron chi connectivity index (χ2n) is 11.4. The number of nitrogens with one attached hydrogen (secondary N) is 2. The fraction of sp³-hybridized carbons (Fsp3) is 0.556. The van der Waals surface area contributed by atoms with E-state index in [2.05, 4.69) is 22.5 Å². The third-order valence-electron chi connectivity index (χ3n) is 7.34. The number of piperazine rings is 1. The highest BCUT2D eigenvalue weighted by atomic mass is 16.6. The van der Waals surface area contributed by atoms with Gasteiger partial charge in [-0.3, -0.25) is 24.0 Å². The van der Waals surface area contributed by atoms with Crippen molar-refractivity contribution in [3.05, 3.63) is 34.2 Å². The number of aryl methyl sites for hydroxylation is 1. The summed E-state index contributed by atoms with van der Waals surface area (Å²) in [5.41, 5.74) is 0.781. The Balaban J connectivity index is 1.41. The first-order valence-electron chi connectivity index (χ1n) is 12.7. The number of hydrogen-bond donors (Lipinski definition) is 2. The molecule has 1 aromatic carbocycles. The van der Waals surface area contributed by atoms with Gasteiger partial charge in [-0.2, -0.15) is 0 Å². The van der Waals surface area contributed by atoms with Crippen LogP contribution in [0.4, 0.5) is 4.79 Å². The smallest absolute Gasteiger partial charge is 0.410 e. The molecule has 3 aliphatic rings. The van der Waals surface area contributed by atoms with Crippen molar-refractivity contribution in [1.82, 2.24) is 24.7 Å². The van der Waals surface area contributed by atoms with Gasteiger partial charge in [0.15, 0.2) is 0 Å². The van der Waals surface area contributed by atoms with Crippen LogP contribution in [-0.4, -0.2) is 62.2 Å². The lowest BCUT2D eigenvalue weighted by molar-refractivity contribution is -0.135. The zero-order valence-corrected chi connectivity index (χ0v) is 21.7. The van der Waals surface area contributed by atoms with Crippen LogP contribution in [0.25, 0.3) is 11.0 Å². The summed E-state index contributed by atoms with van der Waals surface area (Å²) in [6.45, 7) is 6.75. The number of ether oxygens (including phenoxy) is 1. The SMILES string of the molecule is Cn1c(=O)n(C2CCC(=O)NC2=O)c2cccc(C#CCC34CCC(CN(C(=O)OC(C)(C)C)C3)N4)c21. The molecular weight excluding hydrogens is 474 g/mol. The first-order chi connectivity index (χ1) is 17.5. The molecule has 1 aromatic heterocycles. The van der Waals surface area contributed by atoms with Gasteiger partial charge in [-0.25, -0.2) is 9.59 Å². The normalized spacial score (nSPS) is 25.6. The molecule has 0 saturated carbocycles. The molecule has 4 heterocycles. The van der Waals surface area contributed by atoms with Gasteiger partial charge >= 0.3 is 11.8 Å². The quantitative estimate of drug-likeness (QED) is 0.473. The van der Waals surface area contributed by atoms with Crippen LogP contribution in [0.3, 0.4) is 0 Å². The number of piperidine rings is 1. The van der Waals surface area contributed by atoms with Crippen molar-refractivity contribution in [2.24, 2.45) is 7.05 Å². The van der Waals surface area contributed by atoms with E-state index in [1.54, 1.807) is 18.0 Å². The predicted octanol–water partition coefficient (Wildman–Crippen LogP) is 1.80. The molecule has 3 unspecified atom stereocenters. The molecule has 3 fully saturated rings. The number of amides is 3. The summed E-state index contributed by atoms with van der Waals surface area (Å²) in [6, 6.07) is 4.96. The Morgan fingerprint density at radius 2 is 2.00 bits per heavy atom. The van der Waals surface area contributed by atoms with E-state index in [1.807, 2.05) is 32.9 Å². The molecule has 0 radical (unpaired) electrons. The Hall–Kier alpha value is -3.58. The summed E-state index contributed by atoms with van der Waals surface area (Å²) in [6.07, 6.45) is 2.60. The number of nitrogens with zero attached hydrogens (tertiary/aromatic N) is 3. The minimum absolute atomic E-state index is 0.190. The molecular formula is C27H33N5O5. The lowest BCUT2D eigenvalue weighted by Crippen LogP contribution is -2.61. The minimum Gasteiger partial charge on any atom is -0.444 e. The van der Waals surface area contributed by atoms with Crippen LogP contribution in [0.5, 0.6) is 0 Å². The molecule has 2 N–H and O–H groups in total. The van der Waals surface area contributed by atoms with Gasteiger partial charge in [-0.1, -0.05) is 17.9 Å². The van der Waals surface area contributed by atoms with Gasteiger partial charge in [0.1, 0.15) is 11.6 Å². The molecule has 3 atom stereocenters. The number of likely N-dealkylation sites (tertiary alicyclic amines) is 1. The monoisotopic (exact) mass is 507 g/mol. The largest absolute Gasteiger partial charge is 0.444 e. The van der Waals surface area contributed by atoms with E-state index in [0.29, 0.717) is 36.1 Å². The van der Waals surface area contributed by atoms with Gasteiger partial charge in [-0.15, -0.1) is 0 Å². The number of hydrogen-bond acceptors (Lipinski definition) is 6. The Labute approximate surface area is 215 Å². The Morgan fingerprint density at radius 1 is 1.22 bits per heavy atom. The van der Waals surface area contributed by atoms with Crippen LogP contribution < -0.4 is 16.3 Å². The van der Waals surface area contributed by atoms with Gasteiger partial charge in [0.05, 0.1) is 16.6 Å². The average Bonchev–Trinajstić information content (AvgIpc) is 3.25. The molecule has 0 aliphatic carbocycles. The van der Waals surface area contributed by atoms with Gasteiger partial charge < -0.3 is 15.0 Å². The van der Waals surface area contributed by atoms with Crippen molar-refractivity contribution in [3.8, 4) is 11.8 Å². The van der Waals surface area contributed by atoms with Crippen LogP contribution >= 0.6 is 0 Å². The third kappa shape index (κ3) is 4.76. The van der Waals surface area contributed by atoms with Gasteiger partial charge in [0, 0.05) is 44.6 Å². The van der Waals surface area contributed by atoms with Crippen LogP contribution in [0.1, 0.15) is 64.5 Å². The van der Waals surface area contributed by atoms with Crippen molar-refractivity contribution in [3.63, 3.8) is 0 Å². The Morgan fingerprint density at radius 3 is 2.73 bits per heavy atom. The molecule has 2 bridgehead atoms. The predicted molar refractivity (Wildman–Crippen MR) is 137 cm³/mol. The number of carbonyl (C=O) groups is 3. The van der Waals surface area contributed by atoms with Crippen LogP contribution in [-0.2, 0) is 21.4 Å². The highest BCUT2D eigenvalue weighted by Crippen LogP contribution is 2.33. The lowest BCUT2D eigenvalue weighted by Gasteiger charge is -2.40. The number of rotatable bonds is 2. The minimum atomic E-state index is -0.739. The second-order valence-corrected chi connectivity index (χ2v) is 11.4. The lowest BCUT2D eigenvalue weighted by atomic mass is 9.92. The molecule has 10 heteroatoms. The summed E-state index contributed by atoms with van der Waals surface area (Å²) in [5, 5.41) is 6.00. The summed E-state index contributed by atoms with van der Waals surface area (Å²) in [7, 11) is 1.67. The fourth-order valence-electron chi connectivity index (χ4n) is 5.72. The van der Waals surface area contributed by atoms with Crippen molar-refractivity contribution in [2.45, 2.75) is 76.1 Å². The number of carbonyl (C=O) groups excluding carboxylic acids is 3. The van der Waals surface area contributed by atoms with Crippen LogP contribution in [0, 0.1) is 11.8 Å². The topological polar surface area (TPSA) is 115 Å². The molecule has 5 rings (SSSR count). The highest BCUT2D eigenvalue weighted by molar-refractivity contribution is 6.00. The van der Waals surface area contributed by atoms with E-state index < -0.39 is 17.6 Å². The maximum absolute atomic E-state index is 13.1. The third-order valence-corrected chi connectivity index (χ3v) is 7.34. The van der Waals surface area contributed by atoms with Gasteiger partial charge in [-0.05, 0) is 52.2 Å². The van der Waals surface area contributed by atoms with Crippen molar-refractivity contribution >= 4 is 28.9 Å².